The molecule has 6 heteroatoms. The number of rotatable bonds is 22. The molecule has 3 atom stereocenters. The fourth-order valence-electron chi connectivity index (χ4n) is 9.31. The number of hydrogen-bond donors (Lipinski definition) is 2. The van der Waals surface area contributed by atoms with Crippen LogP contribution in [-0.2, 0) is 36.9 Å². The molecule has 2 fully saturated rings. The van der Waals surface area contributed by atoms with E-state index in [1.165, 1.54) is 48.8 Å². The summed E-state index contributed by atoms with van der Waals surface area (Å²) < 4.78 is 0. The van der Waals surface area contributed by atoms with Crippen molar-refractivity contribution in [2.24, 2.45) is 28.7 Å². The van der Waals surface area contributed by atoms with Crippen LogP contribution in [0.2, 0.25) is 0 Å². The summed E-state index contributed by atoms with van der Waals surface area (Å²) in [6.45, 7) is 17.2. The third kappa shape index (κ3) is 13.6. The van der Waals surface area contributed by atoms with Gasteiger partial charge in [-0.15, -0.1) is 6.58 Å². The Kier molecular flexibility index (Phi) is 19.1. The van der Waals surface area contributed by atoms with Crippen LogP contribution in [0.5, 0.6) is 0 Å². The SMILES string of the molecule is C=CCc1cccc(Cc2ccc(CCCCCNCC3CCC(C#C/C(=C/N=C)c4cc(C=O)c(CC)cc4CCCC4NOCC(C)C4CC)CC3)cc2)c1C=O. The zero-order chi connectivity index (χ0) is 41.8. The Labute approximate surface area is 355 Å². The van der Waals surface area contributed by atoms with Crippen LogP contribution < -0.4 is 10.8 Å². The molecule has 3 aromatic rings. The highest BCUT2D eigenvalue weighted by Crippen LogP contribution is 2.31. The Morgan fingerprint density at radius 2 is 1.69 bits per heavy atom. The third-order valence-corrected chi connectivity index (χ3v) is 12.8. The number of aryl methyl sites for hydroxylation is 3. The molecule has 3 aromatic carbocycles. The van der Waals surface area contributed by atoms with Crippen molar-refractivity contribution in [3.8, 4) is 11.8 Å². The van der Waals surface area contributed by atoms with Crippen LogP contribution >= 0.6 is 0 Å². The number of unbranched alkanes of at least 4 members (excludes halogenated alkanes) is 2. The van der Waals surface area contributed by atoms with Crippen molar-refractivity contribution in [2.75, 3.05) is 19.7 Å². The fraction of sp³-hybridized carbons (Fsp3) is 0.491. The van der Waals surface area contributed by atoms with E-state index in [1.54, 1.807) is 6.20 Å². The normalized spacial score (nSPS) is 20.7. The molecule has 1 heterocycles. The van der Waals surface area contributed by atoms with Gasteiger partial charge in [-0.2, -0.15) is 5.48 Å². The molecule has 0 amide bonds. The lowest BCUT2D eigenvalue weighted by molar-refractivity contribution is -0.0793. The van der Waals surface area contributed by atoms with Gasteiger partial charge in [0.05, 0.1) is 12.2 Å². The largest absolute Gasteiger partial charge is 0.316 e. The van der Waals surface area contributed by atoms with E-state index in [4.69, 9.17) is 4.84 Å². The first kappa shape index (κ1) is 45.7. The van der Waals surface area contributed by atoms with E-state index in [0.717, 1.165) is 129 Å². The Bertz CT molecular complexity index is 1910. The molecule has 314 valence electrons. The van der Waals surface area contributed by atoms with E-state index < -0.39 is 0 Å². The van der Waals surface area contributed by atoms with E-state index in [2.05, 4.69) is 98.1 Å². The van der Waals surface area contributed by atoms with Crippen LogP contribution in [0, 0.1) is 35.5 Å². The number of hydroxylamine groups is 1. The summed E-state index contributed by atoms with van der Waals surface area (Å²) in [4.78, 5) is 33.8. The summed E-state index contributed by atoms with van der Waals surface area (Å²) in [5.74, 6) is 9.36. The maximum Gasteiger partial charge on any atom is 0.150 e. The average Bonchev–Trinajstić information content (AvgIpc) is 3.26. The van der Waals surface area contributed by atoms with Gasteiger partial charge in [-0.3, -0.25) is 14.6 Å². The van der Waals surface area contributed by atoms with Gasteiger partial charge in [0.2, 0.25) is 0 Å². The Morgan fingerprint density at radius 3 is 2.41 bits per heavy atom. The minimum absolute atomic E-state index is 0.354. The molecule has 1 saturated heterocycles. The summed E-state index contributed by atoms with van der Waals surface area (Å²) in [5, 5.41) is 3.75. The molecule has 1 aliphatic carbocycles. The maximum atomic E-state index is 12.1. The molecule has 5 rings (SSSR count). The smallest absolute Gasteiger partial charge is 0.150 e. The molecule has 3 unspecified atom stereocenters. The van der Waals surface area contributed by atoms with Gasteiger partial charge in [-0.25, -0.2) is 0 Å². The molecular formula is C53H69N3O3. The highest BCUT2D eigenvalue weighted by Gasteiger charge is 2.29. The van der Waals surface area contributed by atoms with Crippen molar-refractivity contribution in [3.05, 3.63) is 124 Å². The first-order valence-corrected chi connectivity index (χ1v) is 22.5. The van der Waals surface area contributed by atoms with Crippen molar-refractivity contribution >= 4 is 24.9 Å². The van der Waals surface area contributed by atoms with Crippen LogP contribution in [0.25, 0.3) is 5.57 Å². The lowest BCUT2D eigenvalue weighted by Gasteiger charge is -2.36. The van der Waals surface area contributed by atoms with Gasteiger partial charge in [-0.1, -0.05) is 100 Å². The second-order valence-corrected chi connectivity index (χ2v) is 17.0. The molecule has 2 N–H and O–H groups in total. The predicted molar refractivity (Wildman–Crippen MR) is 246 cm³/mol. The molecule has 6 nitrogen and oxygen atoms in total. The van der Waals surface area contributed by atoms with Crippen molar-refractivity contribution in [2.45, 2.75) is 123 Å². The second kappa shape index (κ2) is 24.6. The molecule has 59 heavy (non-hydrogen) atoms. The van der Waals surface area contributed by atoms with E-state index in [9.17, 15) is 9.59 Å². The molecule has 1 saturated carbocycles. The summed E-state index contributed by atoms with van der Waals surface area (Å²) in [5.41, 5.74) is 13.8. The van der Waals surface area contributed by atoms with Gasteiger partial charge >= 0.3 is 0 Å². The van der Waals surface area contributed by atoms with Crippen molar-refractivity contribution < 1.29 is 14.4 Å². The van der Waals surface area contributed by atoms with Gasteiger partial charge < -0.3 is 10.2 Å². The number of benzene rings is 3. The summed E-state index contributed by atoms with van der Waals surface area (Å²) in [7, 11) is 0. The van der Waals surface area contributed by atoms with Gasteiger partial charge in [0.25, 0.3) is 0 Å². The molecule has 1 aliphatic heterocycles. The first-order valence-electron chi connectivity index (χ1n) is 22.5. The number of aldehydes is 2. The summed E-state index contributed by atoms with van der Waals surface area (Å²) >= 11 is 0. The van der Waals surface area contributed by atoms with Crippen molar-refractivity contribution in [3.63, 3.8) is 0 Å². The number of aliphatic imine (C=N–C) groups is 1. The molecule has 0 spiro atoms. The van der Waals surface area contributed by atoms with Crippen molar-refractivity contribution in [1.29, 1.82) is 0 Å². The van der Waals surface area contributed by atoms with Gasteiger partial charge in [0.1, 0.15) is 6.29 Å². The van der Waals surface area contributed by atoms with E-state index >= 15 is 0 Å². The minimum atomic E-state index is 0.354. The van der Waals surface area contributed by atoms with Crippen LogP contribution in [0.1, 0.15) is 145 Å². The number of hydrogen-bond acceptors (Lipinski definition) is 6. The molecule has 0 radical (unpaired) electrons. The third-order valence-electron chi connectivity index (χ3n) is 12.8. The monoisotopic (exact) mass is 796 g/mol. The quantitative estimate of drug-likeness (QED) is 0.0348. The van der Waals surface area contributed by atoms with Crippen LogP contribution in [-0.4, -0.2) is 45.0 Å². The van der Waals surface area contributed by atoms with Gasteiger partial charge in [0, 0.05) is 29.3 Å². The van der Waals surface area contributed by atoms with Crippen molar-refractivity contribution in [1.82, 2.24) is 10.8 Å². The highest BCUT2D eigenvalue weighted by molar-refractivity contribution is 5.86. The number of allylic oxidation sites excluding steroid dienone is 2. The van der Waals surface area contributed by atoms with Crippen LogP contribution in [0.15, 0.2) is 78.4 Å². The molecular weight excluding hydrogens is 727 g/mol. The number of nitrogens with zero attached hydrogens (tertiary/aromatic N) is 1. The predicted octanol–water partition coefficient (Wildman–Crippen LogP) is 10.9. The maximum absolute atomic E-state index is 12.1. The first-order chi connectivity index (χ1) is 28.9. The number of carbonyl (C=O) groups is 2. The Hall–Kier alpha value is -4.41. The molecule has 2 aliphatic rings. The zero-order valence-electron chi connectivity index (χ0n) is 36.2. The van der Waals surface area contributed by atoms with Crippen LogP contribution in [0.4, 0.5) is 0 Å². The van der Waals surface area contributed by atoms with Gasteiger partial charge in [-0.05, 0) is 166 Å². The number of nitrogens with one attached hydrogen (secondary N) is 2. The fourth-order valence-corrected chi connectivity index (χ4v) is 9.31. The molecule has 0 bridgehead atoms. The minimum Gasteiger partial charge on any atom is -0.316 e. The van der Waals surface area contributed by atoms with E-state index in [-0.39, 0.29) is 0 Å². The van der Waals surface area contributed by atoms with Crippen LogP contribution in [0.3, 0.4) is 0 Å². The van der Waals surface area contributed by atoms with E-state index in [1.807, 2.05) is 24.3 Å². The topological polar surface area (TPSA) is 79.8 Å². The lowest BCUT2D eigenvalue weighted by Crippen LogP contribution is -2.46. The summed E-state index contributed by atoms with van der Waals surface area (Å²) in [6, 6.07) is 19.6. The Morgan fingerprint density at radius 1 is 0.915 bits per heavy atom. The lowest BCUT2D eigenvalue weighted by atomic mass is 9.81. The number of carbonyl (C=O) groups excluding carboxylic acids is 2. The summed E-state index contributed by atoms with van der Waals surface area (Å²) in [6.07, 6.45) is 21.3. The van der Waals surface area contributed by atoms with E-state index in [0.29, 0.717) is 36.1 Å². The molecule has 0 aromatic heterocycles. The zero-order valence-corrected chi connectivity index (χ0v) is 36.2. The highest BCUT2D eigenvalue weighted by atomic mass is 16.6. The van der Waals surface area contributed by atoms with Gasteiger partial charge in [0.15, 0.2) is 6.29 Å². The second-order valence-electron chi connectivity index (χ2n) is 17.0. The Balaban J connectivity index is 1.04. The standard InChI is InChI=1S/C53H69N3O3/c1-6-14-45-16-12-17-46(52(45)37-58)31-42-24-20-40(21-25-42)15-10-9-11-30-55-34-43-26-22-41(23-27-43)28-29-48(35-54-5)51-33-49(36-57)44(7-2)32-47(51)18-13-19-53-50(8-3)39(4)38-59-56-53/h6,12,16-17,20-21,24-25,32-33,35-37,39,41,43,50,53,55-56H,1,5,7-11,13-15,18-19,22-23,26-27,30-31,34,38H2,2-4H3/b48-35-. The average molecular weight is 796 g/mol.